The predicted octanol–water partition coefficient (Wildman–Crippen LogP) is 5.34. The Kier molecular flexibility index (Phi) is 2.98. The van der Waals surface area contributed by atoms with Gasteiger partial charge in [-0.2, -0.15) is 0 Å². The molecule has 114 valence electrons. The van der Waals surface area contributed by atoms with Crippen molar-refractivity contribution in [2.45, 2.75) is 26.2 Å². The Bertz CT molecular complexity index is 1010. The van der Waals surface area contributed by atoms with Crippen molar-refractivity contribution in [2.24, 2.45) is 0 Å². The third-order valence-corrected chi connectivity index (χ3v) is 4.21. The quantitative estimate of drug-likeness (QED) is 0.476. The number of hydrogen-bond donors (Lipinski definition) is 0. The first-order valence-electron chi connectivity index (χ1n) is 7.76. The van der Waals surface area contributed by atoms with E-state index in [2.05, 4.69) is 55.0 Å². The number of rotatable bonds is 1. The lowest BCUT2D eigenvalue weighted by molar-refractivity contribution is 0.589. The maximum atomic E-state index is 5.62. The van der Waals surface area contributed by atoms with Crippen molar-refractivity contribution in [1.82, 2.24) is 9.97 Å². The summed E-state index contributed by atoms with van der Waals surface area (Å²) in [6, 6.07) is 12.4. The average molecular weight is 302 g/mol. The molecule has 0 aliphatic heterocycles. The van der Waals surface area contributed by atoms with E-state index >= 15 is 0 Å². The smallest absolute Gasteiger partial charge is 0.160 e. The van der Waals surface area contributed by atoms with E-state index in [1.807, 2.05) is 18.3 Å². The molecule has 0 bridgehead atoms. The number of aromatic nitrogens is 2. The summed E-state index contributed by atoms with van der Waals surface area (Å²) < 4.78 is 5.62. The van der Waals surface area contributed by atoms with Gasteiger partial charge in [0.25, 0.3) is 0 Å². The molecule has 0 atom stereocenters. The zero-order valence-corrected chi connectivity index (χ0v) is 13.5. The minimum atomic E-state index is 0.0888. The van der Waals surface area contributed by atoms with Gasteiger partial charge < -0.3 is 4.42 Å². The molecule has 0 aliphatic carbocycles. The van der Waals surface area contributed by atoms with E-state index in [1.165, 1.54) is 5.56 Å². The zero-order chi connectivity index (χ0) is 16.0. The number of pyridine rings is 2. The van der Waals surface area contributed by atoms with Gasteiger partial charge in [-0.15, -0.1) is 0 Å². The van der Waals surface area contributed by atoms with Crippen molar-refractivity contribution in [3.63, 3.8) is 0 Å². The first-order chi connectivity index (χ1) is 11.0. The Morgan fingerprint density at radius 3 is 2.65 bits per heavy atom. The summed E-state index contributed by atoms with van der Waals surface area (Å²) in [4.78, 5) is 9.12. The molecule has 4 rings (SSSR count). The molecule has 3 aromatic heterocycles. The summed E-state index contributed by atoms with van der Waals surface area (Å²) in [7, 11) is 0. The predicted molar refractivity (Wildman–Crippen MR) is 93.4 cm³/mol. The van der Waals surface area contributed by atoms with Crippen molar-refractivity contribution in [2.75, 3.05) is 0 Å². The summed E-state index contributed by atoms with van der Waals surface area (Å²) in [5.41, 5.74) is 5.13. The van der Waals surface area contributed by atoms with Crippen LogP contribution in [0.3, 0.4) is 0 Å². The van der Waals surface area contributed by atoms with Crippen LogP contribution in [0.25, 0.3) is 33.1 Å². The number of furan rings is 1. The molecule has 0 radical (unpaired) electrons. The van der Waals surface area contributed by atoms with Crippen LogP contribution in [0.5, 0.6) is 0 Å². The van der Waals surface area contributed by atoms with Crippen LogP contribution in [-0.2, 0) is 5.41 Å². The van der Waals surface area contributed by atoms with Crippen LogP contribution in [0.2, 0.25) is 0 Å². The van der Waals surface area contributed by atoms with Gasteiger partial charge in [0.15, 0.2) is 5.58 Å². The molecule has 0 fully saturated rings. The van der Waals surface area contributed by atoms with Crippen molar-refractivity contribution in [3.05, 3.63) is 60.6 Å². The largest absolute Gasteiger partial charge is 0.462 e. The molecule has 4 aromatic rings. The Hall–Kier alpha value is -2.68. The summed E-state index contributed by atoms with van der Waals surface area (Å²) in [6.45, 7) is 6.64. The lowest BCUT2D eigenvalue weighted by atomic mass is 9.86. The van der Waals surface area contributed by atoms with Crippen LogP contribution in [0, 0.1) is 0 Å². The molecule has 3 heteroatoms. The zero-order valence-electron chi connectivity index (χ0n) is 13.5. The highest BCUT2D eigenvalue weighted by molar-refractivity contribution is 6.09. The van der Waals surface area contributed by atoms with Gasteiger partial charge >= 0.3 is 0 Å². The number of fused-ring (bicyclic) bond motifs is 3. The fourth-order valence-corrected chi connectivity index (χ4v) is 2.92. The molecule has 3 nitrogen and oxygen atoms in total. The monoisotopic (exact) mass is 302 g/mol. The highest BCUT2D eigenvalue weighted by Gasteiger charge is 2.17. The fourth-order valence-electron chi connectivity index (χ4n) is 2.92. The van der Waals surface area contributed by atoms with E-state index < -0.39 is 0 Å². The fraction of sp³-hybridized carbons (Fsp3) is 0.200. The molecule has 0 spiro atoms. The molecule has 1 aromatic carbocycles. The van der Waals surface area contributed by atoms with Crippen LogP contribution >= 0.6 is 0 Å². The van der Waals surface area contributed by atoms with Crippen LogP contribution in [0.15, 0.2) is 59.5 Å². The van der Waals surface area contributed by atoms with E-state index in [1.54, 1.807) is 12.5 Å². The van der Waals surface area contributed by atoms with Crippen LogP contribution < -0.4 is 0 Å². The first-order valence-corrected chi connectivity index (χ1v) is 7.76. The van der Waals surface area contributed by atoms with Gasteiger partial charge in [0.1, 0.15) is 5.52 Å². The Morgan fingerprint density at radius 2 is 1.83 bits per heavy atom. The first kappa shape index (κ1) is 13.9. The molecule has 0 saturated heterocycles. The molecule has 3 heterocycles. The van der Waals surface area contributed by atoms with E-state index in [0.29, 0.717) is 0 Å². The van der Waals surface area contributed by atoms with Gasteiger partial charge in [-0.1, -0.05) is 26.8 Å². The molecule has 0 aliphatic rings. The van der Waals surface area contributed by atoms with Crippen LogP contribution in [-0.4, -0.2) is 9.97 Å². The summed E-state index contributed by atoms with van der Waals surface area (Å²) >= 11 is 0. The van der Waals surface area contributed by atoms with Gasteiger partial charge in [-0.3, -0.25) is 9.97 Å². The van der Waals surface area contributed by atoms with Crippen molar-refractivity contribution in [3.8, 4) is 11.3 Å². The van der Waals surface area contributed by atoms with E-state index in [-0.39, 0.29) is 5.41 Å². The third kappa shape index (κ3) is 2.29. The minimum Gasteiger partial charge on any atom is -0.462 e. The summed E-state index contributed by atoms with van der Waals surface area (Å²) in [6.07, 6.45) is 5.40. The number of benzene rings is 1. The molecular weight excluding hydrogens is 284 g/mol. The van der Waals surface area contributed by atoms with Gasteiger partial charge in [0.2, 0.25) is 0 Å². The van der Waals surface area contributed by atoms with Gasteiger partial charge in [-0.05, 0) is 41.3 Å². The Balaban J connectivity index is 2.04. The lowest BCUT2D eigenvalue weighted by Gasteiger charge is -2.19. The van der Waals surface area contributed by atoms with Crippen molar-refractivity contribution < 1.29 is 4.42 Å². The molecule has 0 N–H and O–H groups in total. The Labute approximate surface area is 135 Å². The third-order valence-electron chi connectivity index (χ3n) is 4.21. The number of nitrogens with zero attached hydrogens (tertiary/aromatic N) is 2. The van der Waals surface area contributed by atoms with Gasteiger partial charge in [0.05, 0.1) is 12.0 Å². The summed E-state index contributed by atoms with van der Waals surface area (Å²) in [5.74, 6) is 0. The number of hydrogen-bond acceptors (Lipinski definition) is 3. The Morgan fingerprint density at radius 1 is 0.957 bits per heavy atom. The van der Waals surface area contributed by atoms with Crippen LogP contribution in [0.1, 0.15) is 26.3 Å². The molecule has 23 heavy (non-hydrogen) atoms. The van der Waals surface area contributed by atoms with E-state index in [4.69, 9.17) is 4.42 Å². The molecule has 0 amide bonds. The van der Waals surface area contributed by atoms with Crippen molar-refractivity contribution >= 4 is 21.9 Å². The minimum absolute atomic E-state index is 0.0888. The highest BCUT2D eigenvalue weighted by atomic mass is 16.3. The average Bonchev–Trinajstić information content (AvgIpc) is 3.02. The highest BCUT2D eigenvalue weighted by Crippen LogP contribution is 2.34. The van der Waals surface area contributed by atoms with E-state index in [0.717, 1.165) is 33.1 Å². The standard InChI is InChI=1S/C20H18N2O/c1-20(2,3)14-6-9-21-17(12-14)16-11-13-7-10-23-19(13)18-15(16)5-4-8-22-18/h4-12H,1-3H3. The van der Waals surface area contributed by atoms with Crippen molar-refractivity contribution in [1.29, 1.82) is 0 Å². The SMILES string of the molecule is CC(C)(C)c1ccnc(-c2cc3ccoc3c3ncccc23)c1. The van der Waals surface area contributed by atoms with Gasteiger partial charge in [0, 0.05) is 28.7 Å². The maximum Gasteiger partial charge on any atom is 0.160 e. The lowest BCUT2D eigenvalue weighted by Crippen LogP contribution is -2.11. The topological polar surface area (TPSA) is 38.9 Å². The summed E-state index contributed by atoms with van der Waals surface area (Å²) in [5, 5.41) is 2.11. The second-order valence-electron chi connectivity index (χ2n) is 6.84. The second kappa shape index (κ2) is 4.92. The van der Waals surface area contributed by atoms with Gasteiger partial charge in [-0.25, -0.2) is 0 Å². The van der Waals surface area contributed by atoms with Crippen LogP contribution in [0.4, 0.5) is 0 Å². The molecule has 0 unspecified atom stereocenters. The molecule has 0 saturated carbocycles. The molecular formula is C20H18N2O. The van der Waals surface area contributed by atoms with E-state index in [9.17, 15) is 0 Å². The maximum absolute atomic E-state index is 5.62. The normalized spacial score (nSPS) is 12.1. The second-order valence-corrected chi connectivity index (χ2v) is 6.84.